The zero-order chi connectivity index (χ0) is 64.2. The number of nitrogens with zero attached hydrogens (tertiary/aromatic N) is 5. The number of aromatic nitrogens is 3. The summed E-state index contributed by atoms with van der Waals surface area (Å²) in [5, 5.41) is 0. The van der Waals surface area contributed by atoms with Gasteiger partial charge in [0.15, 0.2) is 0 Å². The van der Waals surface area contributed by atoms with Crippen molar-refractivity contribution in [1.82, 2.24) is 14.1 Å². The first-order valence-electron chi connectivity index (χ1n) is 32.2. The Morgan fingerprint density at radius 1 is 0.330 bits per heavy atom. The zero-order valence-corrected chi connectivity index (χ0v) is 56.1. The van der Waals surface area contributed by atoms with E-state index in [0.717, 1.165) is 122 Å². The number of hydrogen-bond acceptors (Lipinski definition) is 4. The number of aryl methyl sites for hydroxylation is 1. The Morgan fingerprint density at radius 2 is 0.766 bits per heavy atom. The van der Waals surface area contributed by atoms with Gasteiger partial charge in [0.2, 0.25) is 0 Å². The number of para-hydroxylation sites is 5. The first kappa shape index (κ1) is 59.6. The average Bonchev–Trinajstić information content (AvgIpc) is 1.25. The second-order valence-electron chi connectivity index (χ2n) is 26.4. The van der Waals surface area contributed by atoms with Gasteiger partial charge in [-0.2, -0.15) is 0 Å². The molecular weight excluding hydrogens is 1330 g/mol. The van der Waals surface area contributed by atoms with Gasteiger partial charge in [0.25, 0.3) is 0 Å². The Hall–Kier alpha value is -10.7. The molecule has 0 fully saturated rings. The van der Waals surface area contributed by atoms with E-state index in [4.69, 9.17) is 9.72 Å². The van der Waals surface area contributed by atoms with E-state index in [9.17, 15) is 0 Å². The second-order valence-corrected chi connectivity index (χ2v) is 27.4. The van der Waals surface area contributed by atoms with Gasteiger partial charge in [-0.3, -0.25) is 0 Å². The van der Waals surface area contributed by atoms with Crippen molar-refractivity contribution in [3.8, 4) is 89.6 Å². The van der Waals surface area contributed by atoms with E-state index in [2.05, 4.69) is 390 Å². The summed E-state index contributed by atoms with van der Waals surface area (Å²) >= 11 is 2.53. The van der Waals surface area contributed by atoms with E-state index in [1.807, 2.05) is 0 Å². The van der Waals surface area contributed by atoms with Crippen LogP contribution in [0.1, 0.15) is 58.2 Å². The number of ether oxygens (including phenoxy) is 1. The van der Waals surface area contributed by atoms with Crippen LogP contribution in [-0.2, 0) is 30.2 Å². The van der Waals surface area contributed by atoms with E-state index in [1.54, 1.807) is 0 Å². The van der Waals surface area contributed by atoms with E-state index in [1.165, 1.54) is 22.3 Å². The van der Waals surface area contributed by atoms with Crippen LogP contribution >= 0.6 is 0 Å². The van der Waals surface area contributed by atoms with Crippen molar-refractivity contribution >= 4 is 45.3 Å². The van der Waals surface area contributed by atoms with Crippen LogP contribution in [0.15, 0.2) is 303 Å². The van der Waals surface area contributed by atoms with Gasteiger partial charge in [0.1, 0.15) is 0 Å². The Labute approximate surface area is 562 Å². The maximum absolute atomic E-state index is 7.31. The van der Waals surface area contributed by atoms with E-state index in [0.29, 0.717) is 11.5 Å². The number of benzene rings is 12. The minimum atomic E-state index is -0.162. The second kappa shape index (κ2) is 24.4. The molecule has 460 valence electrons. The van der Waals surface area contributed by atoms with Gasteiger partial charge in [0.05, 0.1) is 5.69 Å². The molecule has 0 atom stereocenters. The summed E-state index contributed by atoms with van der Waals surface area (Å²) in [6.45, 7) is 16.0. The van der Waals surface area contributed by atoms with Crippen molar-refractivity contribution in [2.45, 2.75) is 59.3 Å². The molecule has 15 rings (SSSR count). The smallest absolute Gasteiger partial charge is 0.0622 e. The van der Waals surface area contributed by atoms with Crippen molar-refractivity contribution in [3.05, 3.63) is 324 Å². The molecule has 0 radical (unpaired) electrons. The van der Waals surface area contributed by atoms with Gasteiger partial charge in [-0.25, -0.2) is 0 Å². The molecule has 0 spiro atoms. The molecule has 0 aliphatic carbocycles. The molecule has 1 aliphatic heterocycles. The molecule has 0 saturated carbocycles. The van der Waals surface area contributed by atoms with Gasteiger partial charge in [-0.15, -0.1) is 0 Å². The molecule has 14 aromatic rings. The van der Waals surface area contributed by atoms with Crippen LogP contribution in [-0.4, -0.2) is 14.1 Å². The molecule has 7 heteroatoms. The molecule has 0 saturated heterocycles. The fourth-order valence-electron chi connectivity index (χ4n) is 13.4. The molecule has 94 heavy (non-hydrogen) atoms. The van der Waals surface area contributed by atoms with Crippen molar-refractivity contribution in [2.75, 3.05) is 9.80 Å². The summed E-state index contributed by atoms with van der Waals surface area (Å²) in [4.78, 5) is 10.4. The normalized spacial score (nSPS) is 12.2. The van der Waals surface area contributed by atoms with Crippen molar-refractivity contribution < 1.29 is 24.1 Å². The third kappa shape index (κ3) is 11.1. The van der Waals surface area contributed by atoms with E-state index in [-0.39, 0.29) is 10.8 Å². The summed E-state index contributed by atoms with van der Waals surface area (Å²) in [7, 11) is 0. The fourth-order valence-corrected chi connectivity index (χ4v) is 14.5. The van der Waals surface area contributed by atoms with Gasteiger partial charge < -0.3 is 4.90 Å². The molecule has 6 nitrogen and oxygen atoms in total. The summed E-state index contributed by atoms with van der Waals surface area (Å²) in [5.74, 6) is 2.16. The van der Waals surface area contributed by atoms with E-state index >= 15 is 0 Å². The SMILES string of the molecule is Cc1cc(N2c3ccccc3-c3ccc(C(C)(C)C)cc3N(c3ccccc3)c3cc(C(C)(C)C)ccc3-c3ccc(Oc4cccc(-n5[c](=[Pt])n(-c6c(-c7ccccc7)cccc6-c6ccccc6)c6ccccc65)c4)cc32)ncc1-c1ccc(-c2ccccc2)cc1. The zero-order valence-electron chi connectivity index (χ0n) is 53.8. The summed E-state index contributed by atoms with van der Waals surface area (Å²) in [6, 6.07) is 107. The Kier molecular flexibility index (Phi) is 15.5. The quantitative estimate of drug-likeness (QED) is 0.137. The van der Waals surface area contributed by atoms with Crippen molar-refractivity contribution in [1.29, 1.82) is 0 Å². The first-order chi connectivity index (χ1) is 45.7. The minimum Gasteiger partial charge on any atom is -0.0622 e. The standard InChI is InChI=1S/C87H71N5O.Pt/c1-59-52-84(88-57-77(59)64-44-42-61(43-45-64)60-26-12-8-13-27-60)92-78-39-21-20-36-73(78)74-49-46-65(86(2,3)4)53-81(74)91(67-32-18-11-19-33-67)82-54-66(87(5,6)7)47-50-75(82)76-51-48-70(56-83(76)92)93-69-35-24-34-68(55-69)89-58-90(80-41-23-22-40-79(80)89)85-71(62-28-14-9-15-29-62)37-25-38-72(85)63-30-16-10-17-31-63;/h8-57H,1-7H3;. The van der Waals surface area contributed by atoms with Gasteiger partial charge >= 0.3 is 306 Å². The Morgan fingerprint density at radius 3 is 1.35 bits per heavy atom. The van der Waals surface area contributed by atoms with Crippen LogP contribution in [0.5, 0.6) is 11.5 Å². The predicted molar refractivity (Wildman–Crippen MR) is 388 cm³/mol. The molecule has 12 aromatic carbocycles. The number of rotatable bonds is 10. The number of imidazole rings is 1. The fraction of sp³-hybridized carbons (Fsp3) is 0.103. The topological polar surface area (TPSA) is 38.5 Å². The number of anilines is 6. The molecule has 1 aliphatic rings. The van der Waals surface area contributed by atoms with Gasteiger partial charge in [-0.1, -0.05) is 151 Å². The third-order valence-corrected chi connectivity index (χ3v) is 19.2. The summed E-state index contributed by atoms with van der Waals surface area (Å²) in [5.41, 5.74) is 26.0. The first-order valence-corrected chi connectivity index (χ1v) is 33.4. The van der Waals surface area contributed by atoms with Crippen molar-refractivity contribution in [3.63, 3.8) is 0 Å². The monoisotopic (exact) mass is 1400 g/mol. The molecule has 0 unspecified atom stereocenters. The average molecular weight is 1400 g/mol. The van der Waals surface area contributed by atoms with Crippen molar-refractivity contribution in [2.24, 2.45) is 0 Å². The summed E-state index contributed by atoms with van der Waals surface area (Å²) < 4.78 is 13.1. The number of pyridine rings is 1. The van der Waals surface area contributed by atoms with Crippen LogP contribution in [0.3, 0.4) is 0 Å². The molecule has 0 bridgehead atoms. The molecule has 3 heterocycles. The molecule has 2 aromatic heterocycles. The summed E-state index contributed by atoms with van der Waals surface area (Å²) in [6.07, 6.45) is 2.05. The Bertz CT molecular complexity index is 5160. The van der Waals surface area contributed by atoms with Gasteiger partial charge in [-0.05, 0) is 75.4 Å². The van der Waals surface area contributed by atoms with Crippen LogP contribution < -0.4 is 14.5 Å². The number of fused-ring (bicyclic) bond motifs is 7. The Balaban J connectivity index is 0.934. The molecule has 0 N–H and O–H groups in total. The molecular formula is C87H71N5OPt. The van der Waals surface area contributed by atoms with Crippen LogP contribution in [0.25, 0.3) is 89.2 Å². The predicted octanol–water partition coefficient (Wildman–Crippen LogP) is 23.8. The van der Waals surface area contributed by atoms with Crippen LogP contribution in [0, 0.1) is 10.7 Å². The molecule has 0 amide bonds. The third-order valence-electron chi connectivity index (χ3n) is 18.2. The maximum atomic E-state index is 7.31. The number of hydrogen-bond donors (Lipinski definition) is 0. The van der Waals surface area contributed by atoms with Crippen LogP contribution in [0.4, 0.5) is 34.3 Å². The van der Waals surface area contributed by atoms with Crippen LogP contribution in [0.2, 0.25) is 0 Å². The van der Waals surface area contributed by atoms with E-state index < -0.39 is 0 Å². The minimum absolute atomic E-state index is 0.140. The van der Waals surface area contributed by atoms with Gasteiger partial charge in [0, 0.05) is 23.0 Å².